The number of carbonyl (C=O) groups is 1. The minimum atomic E-state index is -4.10. The van der Waals surface area contributed by atoms with Crippen LogP contribution >= 0.6 is 72.7 Å². The van der Waals surface area contributed by atoms with Crippen molar-refractivity contribution >= 4 is 78.7 Å². The van der Waals surface area contributed by atoms with Gasteiger partial charge in [-0.3, -0.25) is 41.0 Å². The van der Waals surface area contributed by atoms with Crippen LogP contribution in [-0.4, -0.2) is 84.4 Å². The highest BCUT2D eigenvalue weighted by atomic mass is 32.7. The van der Waals surface area contributed by atoms with E-state index >= 15 is 0 Å². The van der Waals surface area contributed by atoms with Gasteiger partial charge in [-0.2, -0.15) is 0 Å². The first-order valence-electron chi connectivity index (χ1n) is 22.5. The lowest BCUT2D eigenvalue weighted by atomic mass is 10.1. The fourth-order valence-corrected chi connectivity index (χ4v) is 22.7. The van der Waals surface area contributed by atoms with E-state index in [0.29, 0.717) is 49.4 Å². The summed E-state index contributed by atoms with van der Waals surface area (Å²) >= 11 is 3.76. The summed E-state index contributed by atoms with van der Waals surface area (Å²) in [5.74, 6) is 1.17. The molecule has 0 bridgehead atoms. The SMILES string of the molecule is CCOC(=O)CCSP(=O)(OC(C)C)OC(C)CSP(=O)(OC(C)CSP(=O)(OC(C)CC(C)C)OC(C)CC(C)C)OC(C)CSP(=O)(OC(C)CC(C)C)OC(C)CC(C)C. The molecule has 0 radical (unpaired) electrons. The van der Waals surface area contributed by atoms with E-state index < -0.39 is 57.6 Å². The van der Waals surface area contributed by atoms with Crippen molar-refractivity contribution < 1.29 is 64.0 Å². The topological polar surface area (TPSA) is 168 Å². The number of ether oxygens (including phenoxy) is 1. The second-order valence-electron chi connectivity index (χ2n) is 18.1. The predicted molar refractivity (Wildman–Crippen MR) is 269 cm³/mol. The van der Waals surface area contributed by atoms with Crippen molar-refractivity contribution in [3.63, 3.8) is 0 Å². The fraction of sp³-hybridized carbons (Fsp3) is 0.976. The summed E-state index contributed by atoms with van der Waals surface area (Å²) in [6.45, 7) is 19.2. The van der Waals surface area contributed by atoms with Crippen LogP contribution in [-0.2, 0) is 64.0 Å². The molecule has 0 fully saturated rings. The van der Waals surface area contributed by atoms with Crippen LogP contribution in [0.3, 0.4) is 0 Å². The zero-order valence-corrected chi connectivity index (χ0v) is 48.5. The molecule has 378 valence electrons. The van der Waals surface area contributed by atoms with Gasteiger partial charge in [-0.15, -0.1) is 0 Å². The van der Waals surface area contributed by atoms with Crippen LogP contribution in [0.25, 0.3) is 0 Å². The lowest BCUT2D eigenvalue weighted by molar-refractivity contribution is -0.142. The van der Waals surface area contributed by atoms with E-state index in [4.69, 9.17) is 40.9 Å². The van der Waals surface area contributed by atoms with Crippen LogP contribution in [0.4, 0.5) is 0 Å². The molecule has 8 atom stereocenters. The highest BCUT2D eigenvalue weighted by molar-refractivity contribution is 8.56. The van der Waals surface area contributed by atoms with Crippen molar-refractivity contribution in [3.05, 3.63) is 0 Å². The Morgan fingerprint density at radius 2 is 0.651 bits per heavy atom. The first-order valence-corrected chi connectivity index (χ1v) is 35.1. The number of hydrogen-bond acceptors (Lipinski definition) is 18. The molecule has 0 aliphatic carbocycles. The van der Waals surface area contributed by atoms with Gasteiger partial charge in [0, 0.05) is 23.0 Å². The third kappa shape index (κ3) is 32.8. The third-order valence-corrected chi connectivity index (χ3v) is 24.2. The van der Waals surface area contributed by atoms with Gasteiger partial charge in [0.05, 0.1) is 61.9 Å². The normalized spacial score (nSPS) is 19.9. The maximum absolute atomic E-state index is 14.9. The van der Waals surface area contributed by atoms with Gasteiger partial charge in [-0.25, -0.2) is 18.3 Å². The molecule has 0 aromatic carbocycles. The highest BCUT2D eigenvalue weighted by Gasteiger charge is 2.39. The molecule has 0 heterocycles. The molecule has 0 aromatic rings. The Morgan fingerprint density at radius 1 is 0.397 bits per heavy atom. The second-order valence-corrected chi connectivity index (χ2v) is 34.3. The zero-order chi connectivity index (χ0) is 48.8. The first kappa shape index (κ1) is 64.5. The summed E-state index contributed by atoms with van der Waals surface area (Å²) in [5.41, 5.74) is 0. The second kappa shape index (κ2) is 32.4. The van der Waals surface area contributed by atoms with Crippen molar-refractivity contribution in [2.75, 3.05) is 29.6 Å². The van der Waals surface area contributed by atoms with Crippen molar-refractivity contribution in [2.45, 2.75) is 206 Å². The lowest BCUT2D eigenvalue weighted by Crippen LogP contribution is -2.19. The molecule has 0 saturated carbocycles. The molecule has 0 aliphatic rings. The van der Waals surface area contributed by atoms with Crippen LogP contribution in [0.1, 0.15) is 157 Å². The summed E-state index contributed by atoms with van der Waals surface area (Å²) in [4.78, 5) is 12.0. The lowest BCUT2D eigenvalue weighted by Gasteiger charge is -2.29. The molecule has 14 nitrogen and oxygen atoms in total. The van der Waals surface area contributed by atoms with E-state index in [1.54, 1.807) is 41.5 Å². The van der Waals surface area contributed by atoms with Crippen molar-refractivity contribution in [1.29, 1.82) is 0 Å². The van der Waals surface area contributed by atoms with Crippen LogP contribution in [0.5, 0.6) is 0 Å². The van der Waals surface area contributed by atoms with Crippen molar-refractivity contribution in [2.24, 2.45) is 23.7 Å². The number of esters is 1. The zero-order valence-electron chi connectivity index (χ0n) is 41.6. The average molecular weight is 1060 g/mol. The molecule has 0 saturated heterocycles. The third-order valence-electron chi connectivity index (χ3n) is 7.98. The van der Waals surface area contributed by atoms with E-state index in [1.165, 1.54) is 0 Å². The van der Waals surface area contributed by atoms with Gasteiger partial charge < -0.3 is 4.74 Å². The van der Waals surface area contributed by atoms with Gasteiger partial charge >= 0.3 is 33.2 Å². The van der Waals surface area contributed by atoms with Gasteiger partial charge in [0.25, 0.3) is 0 Å². The molecule has 0 rings (SSSR count). The Hall–Kier alpha value is 1.47. The Morgan fingerprint density at radius 3 is 0.889 bits per heavy atom. The van der Waals surface area contributed by atoms with Crippen LogP contribution < -0.4 is 0 Å². The first-order chi connectivity index (χ1) is 28.9. The molecule has 0 aromatic heterocycles. The summed E-state index contributed by atoms with van der Waals surface area (Å²) in [7, 11) is 0. The monoisotopic (exact) mass is 1050 g/mol. The van der Waals surface area contributed by atoms with E-state index in [2.05, 4.69) is 55.4 Å². The maximum Gasteiger partial charge on any atom is 0.389 e. The molecule has 63 heavy (non-hydrogen) atoms. The number of rotatable bonds is 38. The predicted octanol–water partition coefficient (Wildman–Crippen LogP) is 15.7. The molecule has 0 aliphatic heterocycles. The van der Waals surface area contributed by atoms with Crippen molar-refractivity contribution in [3.8, 4) is 0 Å². The minimum Gasteiger partial charge on any atom is -0.466 e. The molecule has 0 spiro atoms. The fourth-order valence-electron chi connectivity index (χ4n) is 6.13. The minimum absolute atomic E-state index is 0.00911. The largest absolute Gasteiger partial charge is 0.466 e. The molecule has 0 N–H and O–H groups in total. The number of hydrogen-bond donors (Lipinski definition) is 0. The van der Waals surface area contributed by atoms with Gasteiger partial charge in [0.2, 0.25) is 0 Å². The van der Waals surface area contributed by atoms with Gasteiger partial charge in [-0.1, -0.05) is 55.4 Å². The van der Waals surface area contributed by atoms with Gasteiger partial charge in [0.1, 0.15) is 0 Å². The van der Waals surface area contributed by atoms with Crippen LogP contribution in [0.2, 0.25) is 0 Å². The summed E-state index contributed by atoms with van der Waals surface area (Å²) in [5, 5.41) is 0. The maximum atomic E-state index is 14.9. The van der Waals surface area contributed by atoms with Gasteiger partial charge in [0.15, 0.2) is 0 Å². The Balaban J connectivity index is 6.50. The van der Waals surface area contributed by atoms with Crippen molar-refractivity contribution in [1.82, 2.24) is 0 Å². The average Bonchev–Trinajstić information content (AvgIpc) is 3.07. The Bertz CT molecular complexity index is 1350. The van der Waals surface area contributed by atoms with Crippen LogP contribution in [0, 0.1) is 23.7 Å². The molecular formula is C41H86O14P4S4. The molecular weight excluding hydrogens is 969 g/mol. The summed E-state index contributed by atoms with van der Waals surface area (Å²) in [6, 6.07) is 0. The van der Waals surface area contributed by atoms with E-state index in [0.717, 1.165) is 45.5 Å². The number of carbonyl (C=O) groups excluding carboxylic acids is 1. The molecule has 0 amide bonds. The Kier molecular flexibility index (Phi) is 33.1. The Labute approximate surface area is 399 Å². The van der Waals surface area contributed by atoms with E-state index in [1.807, 2.05) is 27.7 Å². The highest BCUT2D eigenvalue weighted by Crippen LogP contribution is 2.68. The van der Waals surface area contributed by atoms with Crippen LogP contribution in [0.15, 0.2) is 0 Å². The quantitative estimate of drug-likeness (QED) is 0.0422. The smallest absolute Gasteiger partial charge is 0.389 e. The summed E-state index contributed by atoms with van der Waals surface area (Å²) < 4.78 is 111. The standard InChI is InChI=1S/C41H86O14P4S4/c1-19-47-41(42)20-21-60-56(43,48-33(10)11)53-38(16)26-63-59(46,54-39(17)27-61-57(44,49-34(12)22-29(2)3)50-35(13)23-30(4)5)55-40(18)28-62-58(45,51-36(14)24-31(6)7)52-37(15)25-32(8)9/h29-40H,19-28H2,1-18H3. The molecule has 8 unspecified atom stereocenters. The molecule has 22 heteroatoms. The summed E-state index contributed by atoms with van der Waals surface area (Å²) in [6.07, 6.45) is -1.34. The van der Waals surface area contributed by atoms with E-state index in [9.17, 15) is 23.1 Å². The van der Waals surface area contributed by atoms with E-state index in [-0.39, 0.29) is 60.5 Å². The van der Waals surface area contributed by atoms with Gasteiger partial charge in [-0.05, 0) is 164 Å².